The number of rotatable bonds is 4. The molecule has 1 heterocycles. The smallest absolute Gasteiger partial charge is 0.320 e. The fraction of sp³-hybridized carbons (Fsp3) is 0.714. The summed E-state index contributed by atoms with van der Waals surface area (Å²) in [4.78, 5) is 12.1. The van der Waals surface area contributed by atoms with Crippen molar-refractivity contribution in [3.8, 4) is 0 Å². The molecule has 0 aromatic carbocycles. The van der Waals surface area contributed by atoms with Gasteiger partial charge < -0.3 is 10.4 Å². The van der Waals surface area contributed by atoms with Gasteiger partial charge in [0.05, 0.1) is 12.8 Å². The lowest BCUT2D eigenvalue weighted by Gasteiger charge is -2.30. The molecule has 6 nitrogen and oxygen atoms in total. The lowest BCUT2D eigenvalue weighted by atomic mass is 9.86. The van der Waals surface area contributed by atoms with Crippen LogP contribution in [0.1, 0.15) is 46.1 Å². The van der Waals surface area contributed by atoms with Gasteiger partial charge in [0.25, 0.3) is 0 Å². The highest BCUT2D eigenvalue weighted by Gasteiger charge is 2.39. The van der Waals surface area contributed by atoms with E-state index in [-0.39, 0.29) is 30.1 Å². The first-order valence-electron chi connectivity index (χ1n) is 7.18. The zero-order chi connectivity index (χ0) is 14.8. The Labute approximate surface area is 119 Å². The van der Waals surface area contributed by atoms with Crippen LogP contribution in [0.25, 0.3) is 0 Å². The quantitative estimate of drug-likeness (QED) is 0.790. The molecule has 1 aliphatic rings. The van der Waals surface area contributed by atoms with Crippen molar-refractivity contribution in [1.82, 2.24) is 15.1 Å². The standard InChI is InChI=1S/C14H24N4O2/c1-10(2)18-12(6-8-15-18)17-13(20)16-11-5-4-7-14(11,3)9-19/h6,8,10-11,19H,4-5,7,9H2,1-3H3,(H2,16,17,20). The lowest BCUT2D eigenvalue weighted by Crippen LogP contribution is -2.46. The van der Waals surface area contributed by atoms with E-state index in [4.69, 9.17) is 0 Å². The van der Waals surface area contributed by atoms with Gasteiger partial charge in [-0.05, 0) is 26.7 Å². The molecule has 0 radical (unpaired) electrons. The predicted molar refractivity (Wildman–Crippen MR) is 77.6 cm³/mol. The summed E-state index contributed by atoms with van der Waals surface area (Å²) >= 11 is 0. The van der Waals surface area contributed by atoms with Gasteiger partial charge in [-0.2, -0.15) is 5.10 Å². The zero-order valence-corrected chi connectivity index (χ0v) is 12.4. The fourth-order valence-corrected chi connectivity index (χ4v) is 2.80. The minimum Gasteiger partial charge on any atom is -0.396 e. The summed E-state index contributed by atoms with van der Waals surface area (Å²) in [6, 6.07) is 1.75. The van der Waals surface area contributed by atoms with Crippen LogP contribution in [-0.2, 0) is 0 Å². The Morgan fingerprint density at radius 1 is 1.65 bits per heavy atom. The highest BCUT2D eigenvalue weighted by molar-refractivity contribution is 5.88. The highest BCUT2D eigenvalue weighted by Crippen LogP contribution is 2.37. The molecule has 0 saturated heterocycles. The third-order valence-corrected chi connectivity index (χ3v) is 4.15. The van der Waals surface area contributed by atoms with Gasteiger partial charge in [-0.1, -0.05) is 13.3 Å². The van der Waals surface area contributed by atoms with E-state index in [1.807, 2.05) is 20.8 Å². The Bertz CT molecular complexity index is 471. The molecule has 3 N–H and O–H groups in total. The maximum atomic E-state index is 12.1. The third kappa shape index (κ3) is 2.95. The maximum absolute atomic E-state index is 12.1. The minimum absolute atomic E-state index is 0.0166. The van der Waals surface area contributed by atoms with Gasteiger partial charge in [0.1, 0.15) is 5.82 Å². The molecule has 1 aliphatic carbocycles. The number of nitrogens with one attached hydrogen (secondary N) is 2. The van der Waals surface area contributed by atoms with Crippen LogP contribution in [0.15, 0.2) is 12.3 Å². The number of hydrogen-bond donors (Lipinski definition) is 3. The number of aromatic nitrogens is 2. The molecule has 2 rings (SSSR count). The van der Waals surface area contributed by atoms with Crippen molar-refractivity contribution in [2.75, 3.05) is 11.9 Å². The van der Waals surface area contributed by atoms with E-state index < -0.39 is 0 Å². The van der Waals surface area contributed by atoms with E-state index in [2.05, 4.69) is 15.7 Å². The van der Waals surface area contributed by atoms with Crippen molar-refractivity contribution in [2.24, 2.45) is 5.41 Å². The molecule has 1 aromatic heterocycles. The van der Waals surface area contributed by atoms with Crippen molar-refractivity contribution in [2.45, 2.75) is 52.1 Å². The van der Waals surface area contributed by atoms with Crippen molar-refractivity contribution < 1.29 is 9.90 Å². The largest absolute Gasteiger partial charge is 0.396 e. The van der Waals surface area contributed by atoms with Crippen molar-refractivity contribution in [3.63, 3.8) is 0 Å². The average Bonchev–Trinajstić information content (AvgIpc) is 2.98. The number of hydrogen-bond acceptors (Lipinski definition) is 3. The van der Waals surface area contributed by atoms with E-state index >= 15 is 0 Å². The van der Waals surface area contributed by atoms with Gasteiger partial charge in [0, 0.05) is 23.6 Å². The summed E-state index contributed by atoms with van der Waals surface area (Å²) in [7, 11) is 0. The van der Waals surface area contributed by atoms with Crippen LogP contribution >= 0.6 is 0 Å². The number of nitrogens with zero attached hydrogens (tertiary/aromatic N) is 2. The summed E-state index contributed by atoms with van der Waals surface area (Å²) in [5.74, 6) is 0.682. The first-order chi connectivity index (χ1) is 9.46. The fourth-order valence-electron chi connectivity index (χ4n) is 2.80. The molecule has 112 valence electrons. The normalized spacial score (nSPS) is 25.9. The number of anilines is 1. The van der Waals surface area contributed by atoms with Crippen LogP contribution < -0.4 is 10.6 Å². The summed E-state index contributed by atoms with van der Waals surface area (Å²) < 4.78 is 1.76. The Kier molecular flexibility index (Phi) is 4.32. The van der Waals surface area contributed by atoms with Gasteiger partial charge in [-0.25, -0.2) is 9.48 Å². The molecule has 6 heteroatoms. The summed E-state index contributed by atoms with van der Waals surface area (Å²) in [5.41, 5.74) is -0.213. The number of carbonyl (C=O) groups is 1. The van der Waals surface area contributed by atoms with Crippen LogP contribution in [0, 0.1) is 5.41 Å². The van der Waals surface area contributed by atoms with E-state index in [9.17, 15) is 9.90 Å². The summed E-state index contributed by atoms with van der Waals surface area (Å²) in [6.07, 6.45) is 4.56. The molecule has 1 fully saturated rings. The monoisotopic (exact) mass is 280 g/mol. The molecule has 2 atom stereocenters. The SMILES string of the molecule is CC(C)n1nccc1NC(=O)NC1CCCC1(C)CO. The van der Waals surface area contributed by atoms with Crippen LogP contribution in [0.4, 0.5) is 10.6 Å². The molecule has 0 bridgehead atoms. The molecule has 2 amide bonds. The second kappa shape index (κ2) is 5.83. The molecular formula is C14H24N4O2. The molecular weight excluding hydrogens is 256 g/mol. The maximum Gasteiger partial charge on any atom is 0.320 e. The van der Waals surface area contributed by atoms with Crippen LogP contribution in [0.5, 0.6) is 0 Å². The molecule has 1 aromatic rings. The van der Waals surface area contributed by atoms with E-state index in [0.29, 0.717) is 5.82 Å². The molecule has 2 unspecified atom stereocenters. The zero-order valence-electron chi connectivity index (χ0n) is 12.4. The van der Waals surface area contributed by atoms with Gasteiger partial charge in [-0.15, -0.1) is 0 Å². The van der Waals surface area contributed by atoms with E-state index in [0.717, 1.165) is 19.3 Å². The minimum atomic E-state index is -0.237. The average molecular weight is 280 g/mol. The second-order valence-corrected chi connectivity index (χ2v) is 6.11. The van der Waals surface area contributed by atoms with Crippen LogP contribution in [0.3, 0.4) is 0 Å². The molecule has 1 saturated carbocycles. The second-order valence-electron chi connectivity index (χ2n) is 6.11. The van der Waals surface area contributed by atoms with E-state index in [1.165, 1.54) is 0 Å². The lowest BCUT2D eigenvalue weighted by molar-refractivity contribution is 0.122. The first-order valence-corrected chi connectivity index (χ1v) is 7.18. The Morgan fingerprint density at radius 2 is 2.40 bits per heavy atom. The van der Waals surface area contributed by atoms with E-state index in [1.54, 1.807) is 16.9 Å². The Hall–Kier alpha value is -1.56. The topological polar surface area (TPSA) is 79.2 Å². The summed E-state index contributed by atoms with van der Waals surface area (Å²) in [6.45, 7) is 6.14. The van der Waals surface area contributed by atoms with Crippen molar-refractivity contribution >= 4 is 11.8 Å². The predicted octanol–water partition coefficient (Wildman–Crippen LogP) is 2.14. The number of urea groups is 1. The van der Waals surface area contributed by atoms with Crippen molar-refractivity contribution in [1.29, 1.82) is 0 Å². The molecule has 0 aliphatic heterocycles. The number of amides is 2. The summed E-state index contributed by atoms with van der Waals surface area (Å²) in [5, 5.41) is 19.5. The molecule has 20 heavy (non-hydrogen) atoms. The number of carbonyl (C=O) groups excluding carboxylic acids is 1. The molecule has 0 spiro atoms. The number of aliphatic hydroxyl groups is 1. The Morgan fingerprint density at radius 3 is 3.05 bits per heavy atom. The number of aliphatic hydroxyl groups excluding tert-OH is 1. The Balaban J connectivity index is 1.97. The van der Waals surface area contributed by atoms with Crippen molar-refractivity contribution in [3.05, 3.63) is 12.3 Å². The highest BCUT2D eigenvalue weighted by atomic mass is 16.3. The van der Waals surface area contributed by atoms with Crippen LogP contribution in [-0.4, -0.2) is 33.6 Å². The first kappa shape index (κ1) is 14.8. The van der Waals surface area contributed by atoms with Crippen LogP contribution in [0.2, 0.25) is 0 Å². The third-order valence-electron chi connectivity index (χ3n) is 4.15. The van der Waals surface area contributed by atoms with Gasteiger partial charge in [0.15, 0.2) is 0 Å². The van der Waals surface area contributed by atoms with Gasteiger partial charge >= 0.3 is 6.03 Å². The van der Waals surface area contributed by atoms with Gasteiger partial charge in [-0.3, -0.25) is 5.32 Å². The van der Waals surface area contributed by atoms with Gasteiger partial charge in [0.2, 0.25) is 0 Å².